The first-order chi connectivity index (χ1) is 71.3. The smallest absolute Gasteiger partial charge is 0.289 e. The third-order valence-electron chi connectivity index (χ3n) is 25.2. The molecule has 7 aliphatic rings. The van der Waals surface area contributed by atoms with Gasteiger partial charge in [-0.3, -0.25) is 63.2 Å². The van der Waals surface area contributed by atoms with E-state index >= 15 is 0 Å². The van der Waals surface area contributed by atoms with Crippen molar-refractivity contribution in [3.05, 3.63) is 301 Å². The van der Waals surface area contributed by atoms with Crippen molar-refractivity contribution in [2.75, 3.05) is 106 Å². The van der Waals surface area contributed by atoms with Crippen molar-refractivity contribution in [3.63, 3.8) is 0 Å². The number of nitriles is 3. The van der Waals surface area contributed by atoms with Gasteiger partial charge in [-0.25, -0.2) is 36.3 Å². The monoisotopic (exact) mass is 2120 g/mol. The summed E-state index contributed by atoms with van der Waals surface area (Å²) < 4.78 is 94.4. The minimum atomic E-state index is -0.839. The van der Waals surface area contributed by atoms with Crippen molar-refractivity contribution in [2.24, 2.45) is 26.9 Å². The molecule has 4 amide bonds. The number of amidine groups is 3. The number of piperidine rings is 3. The van der Waals surface area contributed by atoms with Gasteiger partial charge < -0.3 is 56.5 Å². The number of ketones is 6. The summed E-state index contributed by atoms with van der Waals surface area (Å²) in [5.41, 5.74) is 17.0. The SMILES string of the molecule is C/C=C\C=C(/C)C1(C#N)CCN(CCCN)CC1.CCC(=O)C(=Cc1ccc(F)cc1F)C(C)=O.CCC(=O)CC(C)=O.CCC1=C(C(C)=O)C(c2ccc(F)cc2F)N=C(OC)N1.CCC1=C(C(C)=O)C(c2ccc(F)cc2F)N=C(OC)N1.CO.COC(=N)N.N#CC1(c2ccccc2)CCN(CCCN2C(=O)c3ccccc3C2=O)CC1.N#CC1(c2ccccc2)CCNCC1.O=C1c2ccccc2C(=O)N1CCCBr. The summed E-state index contributed by atoms with van der Waals surface area (Å²) in [4.78, 5) is 131. The zero-order valence-electron chi connectivity index (χ0n) is 87.0. The molecule has 29 nitrogen and oxygen atoms in total. The number of Topliss-reactive ketones (excluding diaryl/α,β-unsaturated/α-hetero) is 6. The Morgan fingerprint density at radius 1 is 0.537 bits per heavy atom. The van der Waals surface area contributed by atoms with Gasteiger partial charge in [0.1, 0.15) is 58.6 Å². The lowest BCUT2D eigenvalue weighted by atomic mass is 9.74. The number of alkyl halides is 1. The number of benzene rings is 7. The first-order valence-corrected chi connectivity index (χ1v) is 50.1. The number of aliphatic imine (C=N–C) groups is 2. The number of hydrogen-bond acceptors (Lipinski definition) is 26. The number of nitrogens with one attached hydrogen (secondary N) is 4. The van der Waals surface area contributed by atoms with Crippen LogP contribution in [-0.4, -0.2) is 207 Å². The number of methoxy groups -OCH3 is 3. The fourth-order valence-corrected chi connectivity index (χ4v) is 17.1. The molecule has 0 aliphatic carbocycles. The van der Waals surface area contributed by atoms with E-state index < -0.39 is 58.2 Å². The summed E-state index contributed by atoms with van der Waals surface area (Å²) >= 11 is 3.28. The first kappa shape index (κ1) is 125. The Labute approximate surface area is 877 Å². The molecule has 9 N–H and O–H groups in total. The number of rotatable bonds is 27. The number of carbonyl (C=O) groups is 10. The molecule has 2 atom stereocenters. The Kier molecular flexibility index (Phi) is 53.8. The molecule has 0 radical (unpaired) electrons. The van der Waals surface area contributed by atoms with Crippen LogP contribution in [0.3, 0.4) is 0 Å². The van der Waals surface area contributed by atoms with E-state index in [-0.39, 0.29) is 117 Å². The summed E-state index contributed by atoms with van der Waals surface area (Å²) in [6.45, 7) is 25.8. The van der Waals surface area contributed by atoms with E-state index in [9.17, 15) is 90.1 Å². The summed E-state index contributed by atoms with van der Waals surface area (Å²) in [7, 11) is 5.20. The summed E-state index contributed by atoms with van der Waals surface area (Å²) in [6, 6.07) is 49.6. The fourth-order valence-electron chi connectivity index (χ4n) is 16.8. The van der Waals surface area contributed by atoms with Crippen molar-refractivity contribution >= 4 is 98.4 Å². The number of imide groups is 2. The van der Waals surface area contributed by atoms with Crippen LogP contribution >= 0.6 is 15.9 Å². The van der Waals surface area contributed by atoms with Gasteiger partial charge in [0.05, 0.1) is 90.0 Å². The topological polar surface area (TPSA) is 440 Å². The normalized spacial score (nSPS) is 16.6. The van der Waals surface area contributed by atoms with Crippen LogP contribution in [0.4, 0.5) is 26.3 Å². The molecule has 2 unspecified atom stereocenters. The minimum absolute atomic E-state index is 0.0255. The highest BCUT2D eigenvalue weighted by molar-refractivity contribution is 9.09. The average molecular weight is 2120 g/mol. The number of allylic oxidation sites excluding steroid dienone is 7. The van der Waals surface area contributed by atoms with Crippen LogP contribution in [0, 0.1) is 79.7 Å². The van der Waals surface area contributed by atoms with Crippen LogP contribution in [0.5, 0.6) is 0 Å². The number of nitrogens with two attached hydrogens (primary N) is 2. The largest absolute Gasteiger partial charge is 0.469 e. The van der Waals surface area contributed by atoms with Crippen LogP contribution in [0.2, 0.25) is 0 Å². The Morgan fingerprint density at radius 2 is 0.926 bits per heavy atom. The van der Waals surface area contributed by atoms with Crippen LogP contribution in [0.25, 0.3) is 6.08 Å². The van der Waals surface area contributed by atoms with Gasteiger partial charge in [0.25, 0.3) is 41.7 Å². The lowest BCUT2D eigenvalue weighted by Crippen LogP contribution is -2.43. The predicted molar refractivity (Wildman–Crippen MR) is 565 cm³/mol. The van der Waals surface area contributed by atoms with E-state index in [1.54, 1.807) is 62.4 Å². The number of hydrogen-bond donors (Lipinski definition) is 7. The zero-order valence-corrected chi connectivity index (χ0v) is 88.6. The lowest BCUT2D eigenvalue weighted by Gasteiger charge is -2.38. The number of amides is 4. The average Bonchev–Trinajstić information content (AvgIpc) is 1.70. The van der Waals surface area contributed by atoms with E-state index in [0.29, 0.717) is 83.2 Å². The molecule has 0 bridgehead atoms. The van der Waals surface area contributed by atoms with Crippen LogP contribution < -0.4 is 27.4 Å². The molecular weight excluding hydrogens is 1990 g/mol. The number of ether oxygens (including phenoxy) is 3. The zero-order chi connectivity index (χ0) is 111. The molecule has 0 saturated carbocycles. The van der Waals surface area contributed by atoms with Gasteiger partial charge in [-0.05, 0) is 237 Å². The van der Waals surface area contributed by atoms with Gasteiger partial charge in [-0.2, -0.15) is 15.8 Å². The second-order valence-electron chi connectivity index (χ2n) is 34.9. The molecule has 0 aromatic heterocycles. The van der Waals surface area contributed by atoms with E-state index in [2.05, 4.69) is 105 Å². The number of likely N-dealkylation sites (tertiary alicyclic amines) is 2. The van der Waals surface area contributed by atoms with Gasteiger partial charge in [-0.1, -0.05) is 164 Å². The van der Waals surface area contributed by atoms with E-state index in [1.807, 2.05) is 81.5 Å². The molecule has 7 aromatic carbocycles. The second-order valence-corrected chi connectivity index (χ2v) is 35.7. The molecule has 7 aliphatic heterocycles. The summed E-state index contributed by atoms with van der Waals surface area (Å²) in [6.07, 6.45) is 17.0. The Morgan fingerprint density at radius 3 is 1.26 bits per heavy atom. The van der Waals surface area contributed by atoms with Crippen LogP contribution in [-0.2, 0) is 53.8 Å². The molecule has 796 valence electrons. The van der Waals surface area contributed by atoms with E-state index in [4.69, 9.17) is 25.7 Å². The highest BCUT2D eigenvalue weighted by atomic mass is 79.9. The molecule has 7 heterocycles. The summed E-state index contributed by atoms with van der Waals surface area (Å²) in [5.74, 6) is -6.29. The third-order valence-corrected chi connectivity index (χ3v) is 25.7. The van der Waals surface area contributed by atoms with Gasteiger partial charge in [0.15, 0.2) is 23.1 Å². The highest BCUT2D eigenvalue weighted by Crippen LogP contribution is 2.41. The minimum Gasteiger partial charge on any atom is -0.469 e. The Hall–Kier alpha value is -14.3. The number of fused-ring (bicyclic) bond motifs is 2. The highest BCUT2D eigenvalue weighted by Gasteiger charge is 2.41. The molecule has 36 heteroatoms. The lowest BCUT2D eigenvalue weighted by molar-refractivity contribution is -0.126. The van der Waals surface area contributed by atoms with E-state index in [0.717, 1.165) is 171 Å². The van der Waals surface area contributed by atoms with Crippen LogP contribution in [0.15, 0.2) is 226 Å². The maximum atomic E-state index is 14.0. The summed E-state index contributed by atoms with van der Waals surface area (Å²) in [5, 5.41) is 51.8. The quantitative estimate of drug-likeness (QED) is 0.00289. The van der Waals surface area contributed by atoms with Crippen LogP contribution in [0.1, 0.15) is 240 Å². The fraction of sp³-hybridized carbons (Fsp3) is 0.398. The Balaban J connectivity index is 0.000000301. The number of aliphatic hydroxyl groups excluding tert-OH is 1. The number of aliphatic hydroxyl groups is 1. The van der Waals surface area contributed by atoms with Gasteiger partial charge >= 0.3 is 0 Å². The number of carbonyl (C=O) groups excluding carboxylic acids is 10. The Bertz CT molecular complexity index is 5950. The van der Waals surface area contributed by atoms with Gasteiger partial charge in [0.2, 0.25) is 0 Å². The number of halogens is 7. The van der Waals surface area contributed by atoms with Crippen molar-refractivity contribution in [2.45, 2.75) is 182 Å². The van der Waals surface area contributed by atoms with E-state index in [1.165, 1.54) is 88.2 Å². The van der Waals surface area contributed by atoms with Gasteiger partial charge in [0, 0.05) is 95.8 Å². The number of nitrogens with zero attached hydrogens (tertiary/aromatic N) is 9. The second kappa shape index (κ2) is 64.1. The van der Waals surface area contributed by atoms with Crippen molar-refractivity contribution in [1.29, 1.82) is 21.2 Å². The molecule has 149 heavy (non-hydrogen) atoms. The molecule has 14 rings (SSSR count). The maximum Gasteiger partial charge on any atom is 0.289 e. The van der Waals surface area contributed by atoms with Crippen molar-refractivity contribution in [3.8, 4) is 18.2 Å². The molecular formula is C113H136BrF6N15O14. The first-order valence-electron chi connectivity index (χ1n) is 49.0. The molecule has 7 aromatic rings. The standard InChI is InChI=1S/C23H23N3O2.2C15H16F2N2O2.C15H25N3.C13H12F2O2.C12H14N2.C11H10BrNO2.C6H10O2.C2H6N2O.CH4O/c24-17-23(18-7-2-1-3-8-18)11-15-25(16-12-23)13-6-14-26-21(27)19-9-4-5-10-20(19)22(26)28;2*1-4-12-13(8(2)20)14(19-15(18-12)21-3)10-6-5-9(16)7-11(10)17;1-3-4-6-14(2)15(13-17)7-11-18(12-8-15)10-5-9-16;1-3-13(17)11(8(2)16)6-9-4-5-10(14)7-12(9)15;13-10-12(6-8-14-9-7-12)11-4-2-1-3-5-11;12-6-3-7-13-10(14)8-4-1-2-5-9(8)11(13)15;1-3-6(8)4-5(2)7;1-5-2(3)4;1-2/h1-5,7-10H,6,11-16H2;2*5-7,14H,4H2,1-3H3,(H,18,19);3-4,6H,5,7-12,16H2,1-2H3;4-7H,3H2,1-2H3;1-5,14H,6-9H2;1-2,4-5H,3,6-7H2;3-4H2,1-2H3;1H3,(H3,3,4);2H,1H3/b;;;4-3-,14-6+;;;;;;. The van der Waals surface area contributed by atoms with Crippen molar-refractivity contribution < 1.29 is 93.6 Å². The molecule has 3 saturated heterocycles. The molecule has 3 fully saturated rings. The van der Waals surface area contributed by atoms with Gasteiger partial charge in [-0.15, -0.1) is 0 Å². The molecule has 0 spiro atoms. The maximum absolute atomic E-state index is 14.0. The van der Waals surface area contributed by atoms with Crippen molar-refractivity contribution in [1.82, 2.24) is 35.6 Å². The predicted octanol–water partition coefficient (Wildman–Crippen LogP) is 18.3. The third kappa shape index (κ3) is 36.6.